The lowest BCUT2D eigenvalue weighted by Gasteiger charge is -2.19. The summed E-state index contributed by atoms with van der Waals surface area (Å²) >= 11 is 0. The lowest BCUT2D eigenvalue weighted by molar-refractivity contribution is -0.131. The zero-order valence-corrected chi connectivity index (χ0v) is 16.6. The molecule has 1 fully saturated rings. The van der Waals surface area contributed by atoms with E-state index in [2.05, 4.69) is 16.9 Å². The van der Waals surface area contributed by atoms with Gasteiger partial charge in [0.2, 0.25) is 5.91 Å². The summed E-state index contributed by atoms with van der Waals surface area (Å²) < 4.78 is 7.03. The number of ether oxygens (including phenoxy) is 1. The minimum Gasteiger partial charge on any atom is -0.491 e. The van der Waals surface area contributed by atoms with E-state index in [4.69, 9.17) is 4.74 Å². The van der Waals surface area contributed by atoms with Gasteiger partial charge in [-0.05, 0) is 30.9 Å². The van der Waals surface area contributed by atoms with E-state index in [1.54, 1.807) is 24.2 Å². The molecule has 0 N–H and O–H groups in total. The molecule has 1 aliphatic heterocycles. The van der Waals surface area contributed by atoms with Crippen LogP contribution in [-0.2, 0) is 17.8 Å². The van der Waals surface area contributed by atoms with Crippen LogP contribution in [0.25, 0.3) is 0 Å². The molecule has 1 amide bonds. The minimum atomic E-state index is -0.251. The Morgan fingerprint density at radius 2 is 2.00 bits per heavy atom. The molecule has 0 saturated carbocycles. The summed E-state index contributed by atoms with van der Waals surface area (Å²) in [5.41, 5.74) is 1.73. The van der Waals surface area contributed by atoms with Crippen molar-refractivity contribution in [2.24, 2.45) is 0 Å². The molecule has 0 spiro atoms. The van der Waals surface area contributed by atoms with Gasteiger partial charge in [-0.1, -0.05) is 25.1 Å². The molecule has 2 aromatic rings. The predicted octanol–water partition coefficient (Wildman–Crippen LogP) is 1.94. The molecule has 2 heterocycles. The van der Waals surface area contributed by atoms with Gasteiger partial charge in [-0.15, -0.1) is 0 Å². The highest BCUT2D eigenvalue weighted by Gasteiger charge is 2.16. The van der Waals surface area contributed by atoms with E-state index in [1.165, 1.54) is 4.68 Å². The first-order chi connectivity index (χ1) is 13.6. The minimum absolute atomic E-state index is 0.0683. The Hall–Kier alpha value is -2.83. The topological polar surface area (TPSA) is 67.7 Å². The maximum Gasteiger partial charge on any atom is 0.269 e. The van der Waals surface area contributed by atoms with Gasteiger partial charge >= 0.3 is 0 Å². The maximum absolute atomic E-state index is 12.4. The lowest BCUT2D eigenvalue weighted by atomic mass is 10.1. The van der Waals surface area contributed by atoms with Crippen molar-refractivity contribution in [3.63, 3.8) is 0 Å². The highest BCUT2D eigenvalue weighted by atomic mass is 16.5. The molecule has 0 atom stereocenters. The van der Waals surface area contributed by atoms with E-state index in [9.17, 15) is 9.59 Å². The summed E-state index contributed by atoms with van der Waals surface area (Å²) in [6, 6.07) is 9.46. The largest absolute Gasteiger partial charge is 0.491 e. The second kappa shape index (κ2) is 9.39. The van der Waals surface area contributed by atoms with Crippen LogP contribution in [0.5, 0.6) is 5.75 Å². The first-order valence-corrected chi connectivity index (χ1v) is 9.85. The van der Waals surface area contributed by atoms with Gasteiger partial charge < -0.3 is 14.5 Å². The van der Waals surface area contributed by atoms with E-state index in [0.29, 0.717) is 13.2 Å². The first-order valence-electron chi connectivity index (χ1n) is 9.85. The van der Waals surface area contributed by atoms with Crippen molar-refractivity contribution < 1.29 is 9.53 Å². The molecule has 7 heteroatoms. The van der Waals surface area contributed by atoms with Gasteiger partial charge in [-0.25, -0.2) is 4.68 Å². The smallest absolute Gasteiger partial charge is 0.269 e. The Labute approximate surface area is 165 Å². The molecular formula is C21H28N4O3. The van der Waals surface area contributed by atoms with E-state index < -0.39 is 0 Å². The zero-order valence-electron chi connectivity index (χ0n) is 16.6. The third-order valence-corrected chi connectivity index (χ3v) is 5.07. The summed E-state index contributed by atoms with van der Waals surface area (Å²) in [6.07, 6.45) is 4.84. The zero-order chi connectivity index (χ0) is 19.9. The number of aryl methyl sites for hydroxylation is 1. The molecule has 0 bridgehead atoms. The molecule has 1 aliphatic rings. The Morgan fingerprint density at radius 1 is 1.25 bits per heavy atom. The number of likely N-dealkylation sites (N-methyl/N-ethyl adjacent to an activating group) is 1. The van der Waals surface area contributed by atoms with Gasteiger partial charge in [0.1, 0.15) is 18.9 Å². The summed E-state index contributed by atoms with van der Waals surface area (Å²) in [6.45, 7) is 4.76. The first kappa shape index (κ1) is 19.9. The Bertz CT molecular complexity index is 859. The number of aromatic nitrogens is 2. The van der Waals surface area contributed by atoms with Gasteiger partial charge in [0.15, 0.2) is 0 Å². The van der Waals surface area contributed by atoms with Crippen LogP contribution in [0.15, 0.2) is 41.3 Å². The standard InChI is InChI=1S/C21H28N4O3/c1-3-17-8-4-5-9-19(17)28-13-12-23(2)21(27)16-25-20(26)14-18(15-22-25)24-10-6-7-11-24/h4-5,8-9,14-15H,3,6-7,10-13,16H2,1-2H3. The van der Waals surface area contributed by atoms with Gasteiger partial charge in [-0.3, -0.25) is 9.59 Å². The third kappa shape index (κ3) is 4.91. The molecule has 0 aliphatic carbocycles. The fourth-order valence-corrected chi connectivity index (χ4v) is 3.29. The van der Waals surface area contributed by atoms with Gasteiger partial charge in [-0.2, -0.15) is 5.10 Å². The monoisotopic (exact) mass is 384 g/mol. The SMILES string of the molecule is CCc1ccccc1OCCN(C)C(=O)Cn1ncc(N2CCCC2)cc1=O. The number of benzene rings is 1. The van der Waals surface area contributed by atoms with E-state index >= 15 is 0 Å². The Morgan fingerprint density at radius 3 is 2.71 bits per heavy atom. The number of para-hydroxylation sites is 1. The number of nitrogens with zero attached hydrogens (tertiary/aromatic N) is 4. The van der Waals surface area contributed by atoms with Gasteiger partial charge in [0.25, 0.3) is 5.56 Å². The highest BCUT2D eigenvalue weighted by Crippen LogP contribution is 2.18. The van der Waals surface area contributed by atoms with Crippen LogP contribution in [0, 0.1) is 0 Å². The molecule has 7 nitrogen and oxygen atoms in total. The van der Waals surface area contributed by atoms with Gasteiger partial charge in [0, 0.05) is 26.2 Å². The number of carbonyl (C=O) groups is 1. The predicted molar refractivity (Wildman–Crippen MR) is 109 cm³/mol. The summed E-state index contributed by atoms with van der Waals surface area (Å²) in [7, 11) is 1.71. The normalized spacial score (nSPS) is 13.6. The van der Waals surface area contributed by atoms with Crippen molar-refractivity contribution >= 4 is 11.6 Å². The molecule has 1 saturated heterocycles. The third-order valence-electron chi connectivity index (χ3n) is 5.07. The van der Waals surface area contributed by atoms with Crippen LogP contribution < -0.4 is 15.2 Å². The summed E-state index contributed by atoms with van der Waals surface area (Å²) in [5, 5.41) is 4.18. The van der Waals surface area contributed by atoms with Crippen molar-refractivity contribution in [2.75, 3.05) is 38.2 Å². The number of carbonyl (C=O) groups excluding carboxylic acids is 1. The van der Waals surface area contributed by atoms with E-state index in [-0.39, 0.29) is 18.0 Å². The van der Waals surface area contributed by atoms with Crippen LogP contribution in [0.4, 0.5) is 5.69 Å². The number of rotatable bonds is 8. The fourth-order valence-electron chi connectivity index (χ4n) is 3.29. The maximum atomic E-state index is 12.4. The lowest BCUT2D eigenvalue weighted by Crippen LogP contribution is -2.37. The Kier molecular flexibility index (Phi) is 6.68. The van der Waals surface area contributed by atoms with Crippen molar-refractivity contribution in [2.45, 2.75) is 32.7 Å². The van der Waals surface area contributed by atoms with Crippen LogP contribution in [0.3, 0.4) is 0 Å². The van der Waals surface area contributed by atoms with Gasteiger partial charge in [0.05, 0.1) is 18.4 Å². The molecule has 1 aromatic heterocycles. The number of anilines is 1. The molecule has 3 rings (SSSR count). The number of amides is 1. The van der Waals surface area contributed by atoms with Crippen LogP contribution >= 0.6 is 0 Å². The van der Waals surface area contributed by atoms with Crippen molar-refractivity contribution in [3.8, 4) is 5.75 Å². The number of hydrogen-bond acceptors (Lipinski definition) is 5. The number of hydrogen-bond donors (Lipinski definition) is 0. The van der Waals surface area contributed by atoms with Crippen molar-refractivity contribution in [1.29, 1.82) is 0 Å². The molecule has 150 valence electrons. The molecule has 1 aromatic carbocycles. The molecular weight excluding hydrogens is 356 g/mol. The van der Waals surface area contributed by atoms with Crippen LogP contribution in [0.1, 0.15) is 25.3 Å². The Balaban J connectivity index is 1.52. The molecule has 28 heavy (non-hydrogen) atoms. The fraction of sp³-hybridized carbons (Fsp3) is 0.476. The highest BCUT2D eigenvalue weighted by molar-refractivity contribution is 5.75. The van der Waals surface area contributed by atoms with E-state index in [1.807, 2.05) is 24.3 Å². The van der Waals surface area contributed by atoms with Crippen molar-refractivity contribution in [3.05, 3.63) is 52.4 Å². The second-order valence-corrected chi connectivity index (χ2v) is 7.03. The summed E-state index contributed by atoms with van der Waals surface area (Å²) in [5.74, 6) is 0.678. The van der Waals surface area contributed by atoms with Crippen LogP contribution in [0.2, 0.25) is 0 Å². The second-order valence-electron chi connectivity index (χ2n) is 7.03. The quantitative estimate of drug-likeness (QED) is 0.696. The average molecular weight is 384 g/mol. The molecule has 0 radical (unpaired) electrons. The van der Waals surface area contributed by atoms with E-state index in [0.717, 1.165) is 49.4 Å². The van der Waals surface area contributed by atoms with Crippen LogP contribution in [-0.4, -0.2) is 53.9 Å². The summed E-state index contributed by atoms with van der Waals surface area (Å²) in [4.78, 5) is 28.5. The van der Waals surface area contributed by atoms with Crippen molar-refractivity contribution in [1.82, 2.24) is 14.7 Å². The molecule has 0 unspecified atom stereocenters. The average Bonchev–Trinajstić information content (AvgIpc) is 3.24.